The summed E-state index contributed by atoms with van der Waals surface area (Å²) in [7, 11) is 0. The predicted octanol–water partition coefficient (Wildman–Crippen LogP) is 2.57. The number of nitrogens with one attached hydrogen (secondary N) is 1. The van der Waals surface area contributed by atoms with Crippen LogP contribution in [0.2, 0.25) is 0 Å². The van der Waals surface area contributed by atoms with E-state index in [1.165, 1.54) is 0 Å². The number of nitrogen functional groups attached to an aromatic ring is 1. The van der Waals surface area contributed by atoms with Gasteiger partial charge < -0.3 is 10.7 Å². The molecule has 0 aromatic carbocycles. The summed E-state index contributed by atoms with van der Waals surface area (Å²) in [6, 6.07) is 2.11. The third kappa shape index (κ3) is 2.04. The summed E-state index contributed by atoms with van der Waals surface area (Å²) in [4.78, 5) is 2.91. The molecule has 0 atom stereocenters. The number of nitrogens with two attached hydrogens (primary N) is 1. The van der Waals surface area contributed by atoms with Crippen LogP contribution >= 0.6 is 15.9 Å². The zero-order valence-electron chi connectivity index (χ0n) is 7.52. The summed E-state index contributed by atoms with van der Waals surface area (Å²) in [5.41, 5.74) is 7.20. The zero-order chi connectivity index (χ0) is 9.84. The molecule has 0 aliphatic heterocycles. The Labute approximate surface area is 86.1 Å². The number of hydrogen-bond donors (Lipinski definition) is 2. The molecule has 0 bridgehead atoms. The molecule has 0 fully saturated rings. The smallest absolute Gasteiger partial charge is 0.120 e. The quantitative estimate of drug-likeness (QED) is 0.855. The average molecular weight is 242 g/mol. The van der Waals surface area contributed by atoms with E-state index in [4.69, 9.17) is 11.0 Å². The summed E-state index contributed by atoms with van der Waals surface area (Å²) < 4.78 is 0.843. The molecule has 13 heavy (non-hydrogen) atoms. The van der Waals surface area contributed by atoms with E-state index in [1.807, 2.05) is 0 Å². The van der Waals surface area contributed by atoms with Crippen molar-refractivity contribution in [3.8, 4) is 6.07 Å². The molecule has 3 N–H and O–H groups in total. The number of aromatic amines is 1. The Morgan fingerprint density at radius 2 is 2.31 bits per heavy atom. The number of rotatable bonds is 3. The van der Waals surface area contributed by atoms with Crippen molar-refractivity contribution in [2.75, 3.05) is 5.73 Å². The van der Waals surface area contributed by atoms with Crippen LogP contribution in [0.25, 0.3) is 0 Å². The van der Waals surface area contributed by atoms with Gasteiger partial charge in [-0.05, 0) is 28.8 Å². The first-order valence-corrected chi connectivity index (χ1v) is 5.05. The molecule has 0 spiro atoms. The maximum atomic E-state index is 8.84. The normalized spacial score (nSPS) is 9.92. The van der Waals surface area contributed by atoms with E-state index >= 15 is 0 Å². The minimum absolute atomic E-state index is 0.459. The third-order valence-electron chi connectivity index (χ3n) is 1.97. The van der Waals surface area contributed by atoms with Crippen molar-refractivity contribution in [3.05, 3.63) is 15.7 Å². The number of aromatic nitrogens is 1. The van der Waals surface area contributed by atoms with Crippen LogP contribution in [-0.4, -0.2) is 4.98 Å². The fraction of sp³-hybridized carbons (Fsp3) is 0.444. The Bertz CT molecular complexity index is 335. The second kappa shape index (κ2) is 4.33. The van der Waals surface area contributed by atoms with E-state index in [0.717, 1.165) is 29.4 Å². The summed E-state index contributed by atoms with van der Waals surface area (Å²) >= 11 is 3.35. The van der Waals surface area contributed by atoms with E-state index in [0.29, 0.717) is 11.4 Å². The monoisotopic (exact) mass is 241 g/mol. The van der Waals surface area contributed by atoms with Gasteiger partial charge in [-0.15, -0.1) is 0 Å². The van der Waals surface area contributed by atoms with Crippen LogP contribution in [0.15, 0.2) is 4.60 Å². The van der Waals surface area contributed by atoms with Crippen molar-refractivity contribution in [3.63, 3.8) is 0 Å². The first-order chi connectivity index (χ1) is 6.20. The van der Waals surface area contributed by atoms with Crippen LogP contribution in [-0.2, 0) is 6.42 Å². The minimum atomic E-state index is 0.459. The lowest BCUT2D eigenvalue weighted by molar-refractivity contribution is 0.792. The Balaban J connectivity index is 2.97. The minimum Gasteiger partial charge on any atom is -0.384 e. The van der Waals surface area contributed by atoms with Gasteiger partial charge >= 0.3 is 0 Å². The lowest BCUT2D eigenvalue weighted by Gasteiger charge is -1.97. The molecular weight excluding hydrogens is 230 g/mol. The molecule has 0 radical (unpaired) electrons. The Kier molecular flexibility index (Phi) is 3.38. The number of nitrogens with zero attached hydrogens (tertiary/aromatic N) is 1. The maximum absolute atomic E-state index is 8.84. The van der Waals surface area contributed by atoms with Crippen LogP contribution in [0.5, 0.6) is 0 Å². The maximum Gasteiger partial charge on any atom is 0.120 e. The van der Waals surface area contributed by atoms with Crippen molar-refractivity contribution in [1.82, 2.24) is 4.98 Å². The average Bonchev–Trinajstić information content (AvgIpc) is 2.37. The fourth-order valence-electron chi connectivity index (χ4n) is 1.24. The van der Waals surface area contributed by atoms with Crippen LogP contribution in [0.3, 0.4) is 0 Å². The van der Waals surface area contributed by atoms with E-state index < -0.39 is 0 Å². The second-order valence-electron chi connectivity index (χ2n) is 2.92. The van der Waals surface area contributed by atoms with E-state index in [-0.39, 0.29) is 0 Å². The standard InChI is InChI=1S/C9H12BrN3/c1-2-3-4-6-7(5-11)9(12)13-8(6)10/h13H,2-4,12H2,1H3. The van der Waals surface area contributed by atoms with Crippen LogP contribution in [0.1, 0.15) is 30.9 Å². The van der Waals surface area contributed by atoms with Crippen LogP contribution in [0.4, 0.5) is 5.82 Å². The molecule has 1 heterocycles. The van der Waals surface area contributed by atoms with Gasteiger partial charge in [0.15, 0.2) is 0 Å². The molecule has 0 saturated heterocycles. The highest BCUT2D eigenvalue weighted by Crippen LogP contribution is 2.26. The first-order valence-electron chi connectivity index (χ1n) is 4.26. The second-order valence-corrected chi connectivity index (χ2v) is 3.71. The van der Waals surface area contributed by atoms with Crippen molar-refractivity contribution < 1.29 is 0 Å². The van der Waals surface area contributed by atoms with Gasteiger partial charge in [-0.3, -0.25) is 0 Å². The van der Waals surface area contributed by atoms with Gasteiger partial charge in [0.25, 0.3) is 0 Å². The molecule has 3 nitrogen and oxygen atoms in total. The van der Waals surface area contributed by atoms with E-state index in [2.05, 4.69) is 33.9 Å². The van der Waals surface area contributed by atoms with Crippen molar-refractivity contribution >= 4 is 21.7 Å². The predicted molar refractivity (Wildman–Crippen MR) is 56.2 cm³/mol. The summed E-state index contributed by atoms with van der Waals surface area (Å²) in [5, 5.41) is 8.84. The SMILES string of the molecule is CCCCc1c(Br)[nH]c(N)c1C#N. The van der Waals surface area contributed by atoms with Crippen LogP contribution < -0.4 is 5.73 Å². The number of anilines is 1. The van der Waals surface area contributed by atoms with Gasteiger partial charge in [0.05, 0.1) is 10.2 Å². The molecule has 0 aliphatic carbocycles. The highest BCUT2D eigenvalue weighted by Gasteiger charge is 2.12. The van der Waals surface area contributed by atoms with Gasteiger partial charge in [-0.25, -0.2) is 0 Å². The number of hydrogen-bond acceptors (Lipinski definition) is 2. The highest BCUT2D eigenvalue weighted by atomic mass is 79.9. The summed E-state index contributed by atoms with van der Waals surface area (Å²) in [6.45, 7) is 2.12. The van der Waals surface area contributed by atoms with Crippen LogP contribution in [0, 0.1) is 11.3 Å². The lowest BCUT2D eigenvalue weighted by atomic mass is 10.1. The number of nitriles is 1. The Morgan fingerprint density at radius 3 is 2.85 bits per heavy atom. The van der Waals surface area contributed by atoms with Gasteiger partial charge in [0, 0.05) is 5.56 Å². The molecule has 1 rings (SSSR count). The topological polar surface area (TPSA) is 65.6 Å². The first kappa shape index (κ1) is 10.1. The number of unbranched alkanes of at least 4 members (excludes halogenated alkanes) is 1. The molecule has 1 aromatic rings. The molecule has 0 saturated carbocycles. The lowest BCUT2D eigenvalue weighted by Crippen LogP contribution is -1.90. The largest absolute Gasteiger partial charge is 0.384 e. The van der Waals surface area contributed by atoms with Gasteiger partial charge in [0.1, 0.15) is 11.9 Å². The zero-order valence-corrected chi connectivity index (χ0v) is 9.11. The Hall–Kier alpha value is -0.950. The highest BCUT2D eigenvalue weighted by molar-refractivity contribution is 9.10. The molecule has 0 aliphatic rings. The molecule has 0 unspecified atom stereocenters. The van der Waals surface area contributed by atoms with Gasteiger partial charge in [-0.2, -0.15) is 5.26 Å². The Morgan fingerprint density at radius 1 is 1.62 bits per heavy atom. The summed E-state index contributed by atoms with van der Waals surface area (Å²) in [6.07, 6.45) is 3.08. The molecule has 70 valence electrons. The molecular formula is C9H12BrN3. The molecule has 4 heteroatoms. The van der Waals surface area contributed by atoms with E-state index in [9.17, 15) is 0 Å². The summed E-state index contributed by atoms with van der Waals surface area (Å²) in [5.74, 6) is 0.459. The molecule has 0 amide bonds. The van der Waals surface area contributed by atoms with Gasteiger partial charge in [-0.1, -0.05) is 13.3 Å². The van der Waals surface area contributed by atoms with Crippen molar-refractivity contribution in [2.24, 2.45) is 0 Å². The fourth-order valence-corrected chi connectivity index (χ4v) is 1.85. The van der Waals surface area contributed by atoms with Crippen molar-refractivity contribution in [2.45, 2.75) is 26.2 Å². The van der Waals surface area contributed by atoms with Gasteiger partial charge in [0.2, 0.25) is 0 Å². The number of halogens is 1. The molecule has 1 aromatic heterocycles. The number of H-pyrrole nitrogens is 1. The van der Waals surface area contributed by atoms with Crippen molar-refractivity contribution in [1.29, 1.82) is 5.26 Å². The van der Waals surface area contributed by atoms with E-state index in [1.54, 1.807) is 0 Å². The third-order valence-corrected chi connectivity index (χ3v) is 2.65.